The summed E-state index contributed by atoms with van der Waals surface area (Å²) in [4.78, 5) is 0. The number of benzene rings is 4. The van der Waals surface area contributed by atoms with Gasteiger partial charge in [-0.1, -0.05) is 217 Å². The summed E-state index contributed by atoms with van der Waals surface area (Å²) in [7, 11) is 0. The molecule has 0 nitrogen and oxygen atoms in total. The minimum atomic E-state index is 1.19. The van der Waals surface area contributed by atoms with E-state index >= 15 is 0 Å². The van der Waals surface area contributed by atoms with E-state index in [-0.39, 0.29) is 0 Å². The predicted molar refractivity (Wildman–Crippen MR) is 273 cm³/mol. The Bertz CT molecular complexity index is 2850. The first-order valence-corrected chi connectivity index (χ1v) is 21.9. The van der Waals surface area contributed by atoms with Gasteiger partial charge in [0.2, 0.25) is 0 Å². The highest BCUT2D eigenvalue weighted by molar-refractivity contribution is 6.02. The molecule has 300 valence electrons. The molecule has 63 heavy (non-hydrogen) atoms. The Hall–Kier alpha value is -7.80. The Labute approximate surface area is 372 Å². The minimum Gasteiger partial charge on any atom is -0.0622 e. The van der Waals surface area contributed by atoms with Crippen molar-refractivity contribution in [2.75, 3.05) is 0 Å². The zero-order valence-electron chi connectivity index (χ0n) is 36.0. The first kappa shape index (κ1) is 39.3. The van der Waals surface area contributed by atoms with Crippen LogP contribution in [0.3, 0.4) is 0 Å². The molecule has 0 amide bonds. The van der Waals surface area contributed by atoms with E-state index < -0.39 is 0 Å². The summed E-state index contributed by atoms with van der Waals surface area (Å²) in [5, 5.41) is 0. The van der Waals surface area contributed by atoms with E-state index in [2.05, 4.69) is 257 Å². The molecule has 0 bridgehead atoms. The molecule has 4 aromatic carbocycles. The van der Waals surface area contributed by atoms with Crippen molar-refractivity contribution in [3.05, 3.63) is 250 Å². The summed E-state index contributed by atoms with van der Waals surface area (Å²) in [6.07, 6.45) is 13.5. The molecule has 0 radical (unpaired) electrons. The molecule has 4 aromatic rings. The van der Waals surface area contributed by atoms with Crippen LogP contribution in [0.25, 0.3) is 103 Å². The van der Waals surface area contributed by atoms with Crippen molar-refractivity contribution in [1.29, 1.82) is 0 Å². The van der Waals surface area contributed by atoms with Crippen molar-refractivity contribution < 1.29 is 0 Å². The second-order valence-electron chi connectivity index (χ2n) is 16.8. The van der Waals surface area contributed by atoms with E-state index in [1.807, 2.05) is 0 Å². The van der Waals surface area contributed by atoms with Crippen molar-refractivity contribution in [2.24, 2.45) is 0 Å². The summed E-state index contributed by atoms with van der Waals surface area (Å²) in [5.74, 6) is 0. The zero-order valence-corrected chi connectivity index (χ0v) is 36.0. The second-order valence-corrected chi connectivity index (χ2v) is 16.8. The highest BCUT2D eigenvalue weighted by atomic mass is 14.3. The molecule has 0 N–H and O–H groups in total. The third-order valence-electron chi connectivity index (χ3n) is 12.3. The predicted octanol–water partition coefficient (Wildman–Crippen LogP) is 17.4. The average Bonchev–Trinajstić information content (AvgIpc) is 3.65. The molecule has 0 heterocycles. The van der Waals surface area contributed by atoms with E-state index in [0.717, 1.165) is 0 Å². The van der Waals surface area contributed by atoms with Crippen LogP contribution in [0.1, 0.15) is 50.1 Å². The van der Waals surface area contributed by atoms with E-state index in [9.17, 15) is 0 Å². The number of hydrogen-bond donors (Lipinski definition) is 0. The molecule has 0 fully saturated rings. The number of fused-ring (bicyclic) bond motifs is 3. The molecule has 0 aromatic heterocycles. The van der Waals surface area contributed by atoms with Crippen LogP contribution in [0, 0.1) is 20.8 Å². The van der Waals surface area contributed by atoms with Crippen LogP contribution in [0.15, 0.2) is 200 Å². The largest absolute Gasteiger partial charge is 0.0622 e. The summed E-state index contributed by atoms with van der Waals surface area (Å²) in [6, 6.07) is 73.5. The molecule has 0 saturated carbocycles. The Kier molecular flexibility index (Phi) is 10.8. The monoisotopic (exact) mass is 804 g/mol. The number of rotatable bonds is 9. The van der Waals surface area contributed by atoms with Crippen LogP contribution >= 0.6 is 0 Å². The van der Waals surface area contributed by atoms with Gasteiger partial charge >= 0.3 is 0 Å². The minimum absolute atomic E-state index is 1.19. The van der Waals surface area contributed by atoms with Gasteiger partial charge in [-0.25, -0.2) is 0 Å². The van der Waals surface area contributed by atoms with Gasteiger partial charge in [0.15, 0.2) is 0 Å². The van der Waals surface area contributed by atoms with Crippen LogP contribution in [-0.2, 0) is 0 Å². The molecular weight excluding hydrogens is 757 g/mol. The Balaban J connectivity index is 1.18. The quantitative estimate of drug-likeness (QED) is 0.136. The van der Waals surface area contributed by atoms with Crippen LogP contribution in [0.5, 0.6) is 0 Å². The number of hydrogen-bond acceptors (Lipinski definition) is 0. The van der Waals surface area contributed by atoms with Crippen molar-refractivity contribution in [2.45, 2.75) is 20.8 Å². The molecule has 6 aliphatic rings. The first-order valence-electron chi connectivity index (χ1n) is 21.9. The van der Waals surface area contributed by atoms with Gasteiger partial charge in [-0.3, -0.25) is 0 Å². The molecule has 0 spiro atoms. The molecule has 0 unspecified atom stereocenters. The summed E-state index contributed by atoms with van der Waals surface area (Å²) in [5.41, 5.74) is 25.5. The lowest BCUT2D eigenvalue weighted by molar-refractivity contribution is 1.46. The summed E-state index contributed by atoms with van der Waals surface area (Å²) < 4.78 is 0. The Morgan fingerprint density at radius 3 is 0.746 bits per heavy atom. The van der Waals surface area contributed by atoms with Gasteiger partial charge < -0.3 is 0 Å². The van der Waals surface area contributed by atoms with Gasteiger partial charge in [0.25, 0.3) is 0 Å². The lowest BCUT2D eigenvalue weighted by atomic mass is 9.91. The highest BCUT2D eigenvalue weighted by Crippen LogP contribution is 2.47. The van der Waals surface area contributed by atoms with Gasteiger partial charge in [0.1, 0.15) is 0 Å². The molecular formula is C63H48. The van der Waals surface area contributed by atoms with E-state index in [4.69, 9.17) is 0 Å². The van der Waals surface area contributed by atoms with E-state index in [1.54, 1.807) is 0 Å². The number of aryl methyl sites for hydroxylation is 3. The van der Waals surface area contributed by atoms with Crippen molar-refractivity contribution in [3.63, 3.8) is 0 Å². The molecule has 0 atom stereocenters. The van der Waals surface area contributed by atoms with Crippen LogP contribution < -0.4 is 0 Å². The third kappa shape index (κ3) is 8.32. The standard InChI is InChI=1S/C63H48/c1-43-19-25-46(26-20-43)31-34-49-40-61(58-16-10-4-7-13-55(49)58)52-37-53(62-41-50(56-14-8-5-11-17-59(56)62)35-32-47-27-21-44(2)22-28-47)39-54(38-52)63-42-51(57-15-9-6-12-18-60(57)63)36-33-48-29-23-45(3)24-30-48/h4-42H,1-3H3/b34-31+,35-32+,36-33+. The highest BCUT2D eigenvalue weighted by Gasteiger charge is 2.22. The van der Waals surface area contributed by atoms with Gasteiger partial charge in [-0.15, -0.1) is 0 Å². The molecule has 0 heteroatoms. The van der Waals surface area contributed by atoms with Gasteiger partial charge in [-0.05, 0) is 157 Å². The maximum absolute atomic E-state index is 2.41. The second kappa shape index (κ2) is 17.3. The fourth-order valence-electron chi connectivity index (χ4n) is 8.85. The Morgan fingerprint density at radius 2 is 0.476 bits per heavy atom. The molecule has 0 aliphatic heterocycles. The maximum Gasteiger partial charge on any atom is -0.00986 e. The third-order valence-corrected chi connectivity index (χ3v) is 12.3. The Morgan fingerprint density at radius 1 is 0.222 bits per heavy atom. The van der Waals surface area contributed by atoms with E-state index in [1.165, 1.54) is 117 Å². The molecule has 6 aliphatic carbocycles. The van der Waals surface area contributed by atoms with Gasteiger partial charge in [0, 0.05) is 0 Å². The summed E-state index contributed by atoms with van der Waals surface area (Å²) in [6.45, 7) is 6.40. The lowest BCUT2D eigenvalue weighted by Crippen LogP contribution is -1.86. The first-order chi connectivity index (χ1) is 30.9. The van der Waals surface area contributed by atoms with Crippen LogP contribution in [0.4, 0.5) is 0 Å². The lowest BCUT2D eigenvalue weighted by Gasteiger charge is -2.12. The summed E-state index contributed by atoms with van der Waals surface area (Å²) >= 11 is 0. The van der Waals surface area contributed by atoms with Crippen LogP contribution in [0.2, 0.25) is 0 Å². The molecule has 0 saturated heterocycles. The van der Waals surface area contributed by atoms with Gasteiger partial charge in [0.05, 0.1) is 0 Å². The van der Waals surface area contributed by atoms with Crippen molar-refractivity contribution in [1.82, 2.24) is 0 Å². The smallest absolute Gasteiger partial charge is 0.00986 e. The molecule has 10 rings (SSSR count). The van der Waals surface area contributed by atoms with Crippen molar-refractivity contribution in [3.8, 4) is 66.8 Å². The zero-order chi connectivity index (χ0) is 42.7. The topological polar surface area (TPSA) is 0 Å². The average molecular weight is 805 g/mol. The fraction of sp³-hybridized carbons (Fsp3) is 0.0476. The van der Waals surface area contributed by atoms with Gasteiger partial charge in [-0.2, -0.15) is 0 Å². The van der Waals surface area contributed by atoms with Crippen molar-refractivity contribution >= 4 is 36.5 Å². The SMILES string of the molecule is Cc1ccc(/C=C/c2cc(-c3cc(-c4cc(/C=C/c5ccc(C)cc5)c5cccccc4-5)cc(-c4cc(/C=C/c5ccc(C)cc5)c5cccccc4-5)c3)c3cccccc2-3)cc1. The fourth-order valence-corrected chi connectivity index (χ4v) is 8.85. The van der Waals surface area contributed by atoms with E-state index in [0.29, 0.717) is 0 Å². The van der Waals surface area contributed by atoms with Crippen LogP contribution in [-0.4, -0.2) is 0 Å². The normalized spacial score (nSPS) is 11.9. The maximum atomic E-state index is 2.41.